The van der Waals surface area contributed by atoms with E-state index in [-0.39, 0.29) is 5.91 Å². The van der Waals surface area contributed by atoms with Crippen LogP contribution in [-0.2, 0) is 11.3 Å². The van der Waals surface area contributed by atoms with Gasteiger partial charge in [0.15, 0.2) is 0 Å². The summed E-state index contributed by atoms with van der Waals surface area (Å²) < 4.78 is 1.88. The fourth-order valence-electron chi connectivity index (χ4n) is 3.93. The van der Waals surface area contributed by atoms with Gasteiger partial charge in [0.1, 0.15) is 0 Å². The minimum Gasteiger partial charge on any atom is -0.323 e. The van der Waals surface area contributed by atoms with Gasteiger partial charge in [-0.1, -0.05) is 6.42 Å². The van der Waals surface area contributed by atoms with Crippen molar-refractivity contribution in [2.24, 2.45) is 17.8 Å². The fourth-order valence-corrected chi connectivity index (χ4v) is 3.93. The van der Waals surface area contributed by atoms with Crippen LogP contribution in [0.25, 0.3) is 0 Å². The van der Waals surface area contributed by atoms with E-state index >= 15 is 0 Å². The van der Waals surface area contributed by atoms with Crippen LogP contribution >= 0.6 is 0 Å². The van der Waals surface area contributed by atoms with Crippen molar-refractivity contribution in [1.29, 1.82) is 0 Å². The summed E-state index contributed by atoms with van der Waals surface area (Å²) >= 11 is 0. The maximum absolute atomic E-state index is 12.2. The van der Waals surface area contributed by atoms with Gasteiger partial charge in [0.25, 0.3) is 0 Å². The number of carbonyl (C=O) groups excluding carboxylic acids is 1. The highest BCUT2D eigenvalue weighted by atomic mass is 16.1. The van der Waals surface area contributed by atoms with Gasteiger partial charge in [-0.25, -0.2) is 0 Å². The quantitative estimate of drug-likeness (QED) is 0.874. The van der Waals surface area contributed by atoms with E-state index in [1.54, 1.807) is 6.20 Å². The summed E-state index contributed by atoms with van der Waals surface area (Å²) in [4.78, 5) is 14.3. The summed E-state index contributed by atoms with van der Waals surface area (Å²) in [6.07, 6.45) is 9.70. The minimum absolute atomic E-state index is 0.153. The Balaban J connectivity index is 1.46. The normalized spacial score (nSPS) is 27.5. The first-order valence-electron chi connectivity index (χ1n) is 8.07. The molecule has 21 heavy (non-hydrogen) atoms. The van der Waals surface area contributed by atoms with Crippen LogP contribution in [0.3, 0.4) is 0 Å². The fraction of sp³-hybridized carbons (Fsp3) is 0.750. The lowest BCUT2D eigenvalue weighted by Gasteiger charge is -2.20. The van der Waals surface area contributed by atoms with Gasteiger partial charge in [0.2, 0.25) is 5.91 Å². The summed E-state index contributed by atoms with van der Waals surface area (Å²) in [6.45, 7) is 1.79. The second kappa shape index (κ2) is 6.18. The van der Waals surface area contributed by atoms with E-state index < -0.39 is 0 Å². The Labute approximate surface area is 126 Å². The Hall–Kier alpha value is -1.36. The largest absolute Gasteiger partial charge is 0.323 e. The van der Waals surface area contributed by atoms with Crippen molar-refractivity contribution in [2.45, 2.75) is 38.6 Å². The van der Waals surface area contributed by atoms with E-state index in [2.05, 4.69) is 15.3 Å². The van der Waals surface area contributed by atoms with Crippen molar-refractivity contribution in [1.82, 2.24) is 14.7 Å². The van der Waals surface area contributed by atoms with Gasteiger partial charge in [-0.15, -0.1) is 0 Å². The third-order valence-electron chi connectivity index (χ3n) is 5.03. The van der Waals surface area contributed by atoms with E-state index in [9.17, 15) is 4.79 Å². The summed E-state index contributed by atoms with van der Waals surface area (Å²) in [5.41, 5.74) is 0.821. The van der Waals surface area contributed by atoms with Crippen molar-refractivity contribution in [3.8, 4) is 0 Å². The third kappa shape index (κ3) is 3.64. The summed E-state index contributed by atoms with van der Waals surface area (Å²) in [6, 6.07) is 0. The number of carbonyl (C=O) groups is 1. The van der Waals surface area contributed by atoms with Gasteiger partial charge in [0.05, 0.1) is 18.4 Å². The van der Waals surface area contributed by atoms with Crippen molar-refractivity contribution in [3.05, 3.63) is 12.4 Å². The molecule has 0 unspecified atom stereocenters. The summed E-state index contributed by atoms with van der Waals surface area (Å²) in [5, 5.41) is 7.29. The van der Waals surface area contributed by atoms with Crippen LogP contribution in [0.15, 0.2) is 12.4 Å². The van der Waals surface area contributed by atoms with Crippen LogP contribution < -0.4 is 5.32 Å². The van der Waals surface area contributed by atoms with Crippen molar-refractivity contribution in [3.63, 3.8) is 0 Å². The molecule has 5 nitrogen and oxygen atoms in total. The highest BCUT2D eigenvalue weighted by Crippen LogP contribution is 2.49. The Bertz CT molecular complexity index is 496. The molecule has 1 amide bonds. The van der Waals surface area contributed by atoms with Gasteiger partial charge < -0.3 is 10.2 Å². The zero-order chi connectivity index (χ0) is 14.8. The molecule has 1 N–H and O–H groups in total. The molecule has 3 rings (SSSR count). The maximum atomic E-state index is 12.2. The zero-order valence-electron chi connectivity index (χ0n) is 13.1. The van der Waals surface area contributed by atoms with Crippen LogP contribution in [0, 0.1) is 17.8 Å². The SMILES string of the molecule is CN(C)CCn1cc(NC(=O)C[C@H]2C[C@H]3CC[C@H]2C3)cn1. The first-order chi connectivity index (χ1) is 10.1. The first kappa shape index (κ1) is 14.6. The number of amides is 1. The predicted octanol–water partition coefficient (Wildman–Crippen LogP) is 2.21. The van der Waals surface area contributed by atoms with E-state index in [0.29, 0.717) is 12.3 Å². The summed E-state index contributed by atoms with van der Waals surface area (Å²) in [7, 11) is 4.09. The van der Waals surface area contributed by atoms with Crippen LogP contribution in [0.5, 0.6) is 0 Å². The lowest BCUT2D eigenvalue weighted by Crippen LogP contribution is -2.20. The molecular formula is C16H26N4O. The van der Waals surface area contributed by atoms with Gasteiger partial charge in [-0.2, -0.15) is 5.10 Å². The van der Waals surface area contributed by atoms with Gasteiger partial charge in [-0.05, 0) is 51.1 Å². The average Bonchev–Trinajstić information content (AvgIpc) is 3.12. The Morgan fingerprint density at radius 2 is 2.29 bits per heavy atom. The molecule has 0 aliphatic heterocycles. The Kier molecular flexibility index (Phi) is 4.29. The molecule has 1 heterocycles. The second-order valence-electron chi connectivity index (χ2n) is 6.98. The lowest BCUT2D eigenvalue weighted by atomic mass is 9.86. The van der Waals surface area contributed by atoms with Gasteiger partial charge in [-0.3, -0.25) is 9.48 Å². The van der Waals surface area contributed by atoms with Crippen LogP contribution in [-0.4, -0.2) is 41.2 Å². The zero-order valence-corrected chi connectivity index (χ0v) is 13.1. The number of hydrogen-bond donors (Lipinski definition) is 1. The molecule has 1 aromatic heterocycles. The van der Waals surface area contributed by atoms with Crippen molar-refractivity contribution < 1.29 is 4.79 Å². The lowest BCUT2D eigenvalue weighted by molar-refractivity contribution is -0.117. The van der Waals surface area contributed by atoms with Crippen LogP contribution in [0.4, 0.5) is 5.69 Å². The number of aromatic nitrogens is 2. The smallest absolute Gasteiger partial charge is 0.224 e. The Morgan fingerprint density at radius 3 is 2.95 bits per heavy atom. The van der Waals surface area contributed by atoms with Crippen molar-refractivity contribution in [2.75, 3.05) is 26.0 Å². The Morgan fingerprint density at radius 1 is 1.43 bits per heavy atom. The molecule has 2 aliphatic carbocycles. The maximum Gasteiger partial charge on any atom is 0.224 e. The number of nitrogens with one attached hydrogen (secondary N) is 1. The van der Waals surface area contributed by atoms with Gasteiger partial charge in [0, 0.05) is 19.2 Å². The molecule has 116 valence electrons. The predicted molar refractivity (Wildman–Crippen MR) is 83.0 cm³/mol. The standard InChI is InChI=1S/C16H26N4O/c1-19(2)5-6-20-11-15(10-17-20)18-16(21)9-14-8-12-3-4-13(14)7-12/h10-14H,3-9H2,1-2H3,(H,18,21)/t12-,13-,14+/m0/s1. The third-order valence-corrected chi connectivity index (χ3v) is 5.03. The van der Waals surface area contributed by atoms with E-state index in [1.165, 1.54) is 25.7 Å². The molecular weight excluding hydrogens is 264 g/mol. The molecule has 5 heteroatoms. The monoisotopic (exact) mass is 290 g/mol. The molecule has 3 atom stereocenters. The number of hydrogen-bond acceptors (Lipinski definition) is 3. The van der Waals surface area contributed by atoms with E-state index in [4.69, 9.17) is 0 Å². The van der Waals surface area contributed by atoms with Crippen molar-refractivity contribution >= 4 is 11.6 Å². The summed E-state index contributed by atoms with van der Waals surface area (Å²) in [5.74, 6) is 2.48. The highest BCUT2D eigenvalue weighted by molar-refractivity contribution is 5.90. The van der Waals surface area contributed by atoms with Crippen LogP contribution in [0.1, 0.15) is 32.1 Å². The minimum atomic E-state index is 0.153. The molecule has 1 aromatic rings. The molecule has 2 fully saturated rings. The highest BCUT2D eigenvalue weighted by Gasteiger charge is 2.40. The molecule has 0 saturated heterocycles. The molecule has 2 saturated carbocycles. The molecule has 0 spiro atoms. The molecule has 0 radical (unpaired) electrons. The number of anilines is 1. The number of nitrogens with zero attached hydrogens (tertiary/aromatic N) is 3. The number of rotatable bonds is 6. The molecule has 0 aromatic carbocycles. The first-order valence-corrected chi connectivity index (χ1v) is 8.07. The second-order valence-corrected chi connectivity index (χ2v) is 6.98. The van der Waals surface area contributed by atoms with E-state index in [1.807, 2.05) is 25.0 Å². The molecule has 2 bridgehead atoms. The topological polar surface area (TPSA) is 50.2 Å². The molecule has 2 aliphatic rings. The van der Waals surface area contributed by atoms with E-state index in [0.717, 1.165) is 30.6 Å². The average molecular weight is 290 g/mol. The number of likely N-dealkylation sites (N-methyl/N-ethyl adjacent to an activating group) is 1. The van der Waals surface area contributed by atoms with Crippen LogP contribution in [0.2, 0.25) is 0 Å². The number of fused-ring (bicyclic) bond motifs is 2. The van der Waals surface area contributed by atoms with Gasteiger partial charge >= 0.3 is 0 Å².